The summed E-state index contributed by atoms with van der Waals surface area (Å²) in [7, 11) is 1.52. The molecule has 1 aromatic heterocycles. The molecule has 1 heterocycles. The molecule has 0 bridgehead atoms. The Morgan fingerprint density at radius 3 is 2.48 bits per heavy atom. The van der Waals surface area contributed by atoms with Crippen LogP contribution in [0.25, 0.3) is 11.0 Å². The van der Waals surface area contributed by atoms with Gasteiger partial charge in [0.05, 0.1) is 7.11 Å². The summed E-state index contributed by atoms with van der Waals surface area (Å²) < 4.78 is 41.8. The van der Waals surface area contributed by atoms with Crippen LogP contribution in [0.2, 0.25) is 0 Å². The van der Waals surface area contributed by atoms with E-state index in [1.54, 1.807) is 25.1 Å². The van der Waals surface area contributed by atoms with Gasteiger partial charge in [0.1, 0.15) is 23.0 Å². The van der Waals surface area contributed by atoms with Crippen molar-refractivity contribution in [1.82, 2.24) is 0 Å². The zero-order chi connectivity index (χ0) is 19.6. The van der Waals surface area contributed by atoms with Crippen LogP contribution in [-0.2, 0) is 9.53 Å². The molecule has 1 amide bonds. The number of methoxy groups -OCH3 is 1. The van der Waals surface area contributed by atoms with Gasteiger partial charge in [0.2, 0.25) is 5.76 Å². The van der Waals surface area contributed by atoms with Gasteiger partial charge in [-0.3, -0.25) is 4.79 Å². The Labute approximate surface area is 152 Å². The van der Waals surface area contributed by atoms with Gasteiger partial charge >= 0.3 is 5.97 Å². The number of hydrogen-bond acceptors (Lipinski definition) is 5. The number of hydrogen-bond donors (Lipinski definition) is 1. The minimum Gasteiger partial charge on any atom is -0.497 e. The van der Waals surface area contributed by atoms with Crippen molar-refractivity contribution >= 4 is 28.5 Å². The fraction of sp³-hybridized carbons (Fsp3) is 0.158. The molecule has 1 N–H and O–H groups in total. The molecule has 0 fully saturated rings. The number of nitrogens with one attached hydrogen (secondary N) is 1. The first-order chi connectivity index (χ1) is 12.9. The predicted octanol–water partition coefficient (Wildman–Crippen LogP) is 3.82. The second kappa shape index (κ2) is 7.45. The molecule has 0 saturated carbocycles. The fourth-order valence-electron chi connectivity index (χ4n) is 2.54. The molecule has 0 aliphatic rings. The molecule has 0 spiro atoms. The number of aryl methyl sites for hydroxylation is 1. The Hall–Kier alpha value is -3.42. The molecular weight excluding hydrogens is 360 g/mol. The van der Waals surface area contributed by atoms with Crippen LogP contribution < -0.4 is 10.1 Å². The summed E-state index contributed by atoms with van der Waals surface area (Å²) in [5, 5.41) is 2.92. The lowest BCUT2D eigenvalue weighted by molar-refractivity contribution is -0.119. The maximum absolute atomic E-state index is 13.1. The first-order valence-corrected chi connectivity index (χ1v) is 7.87. The highest BCUT2D eigenvalue weighted by atomic mass is 19.1. The van der Waals surface area contributed by atoms with Gasteiger partial charge in [-0.15, -0.1) is 0 Å². The summed E-state index contributed by atoms with van der Waals surface area (Å²) in [5.74, 6) is -2.69. The Balaban J connectivity index is 1.67. The van der Waals surface area contributed by atoms with Crippen LogP contribution in [0, 0.1) is 18.6 Å². The lowest BCUT2D eigenvalue weighted by Crippen LogP contribution is -2.21. The Kier molecular flexibility index (Phi) is 5.07. The van der Waals surface area contributed by atoms with E-state index in [1.807, 2.05) is 0 Å². The van der Waals surface area contributed by atoms with Crippen LogP contribution >= 0.6 is 0 Å². The second-order valence-electron chi connectivity index (χ2n) is 5.70. The van der Waals surface area contributed by atoms with Crippen LogP contribution in [-0.4, -0.2) is 25.6 Å². The summed E-state index contributed by atoms with van der Waals surface area (Å²) in [6, 6.07) is 7.62. The van der Waals surface area contributed by atoms with E-state index in [1.165, 1.54) is 7.11 Å². The zero-order valence-corrected chi connectivity index (χ0v) is 14.5. The Morgan fingerprint density at radius 1 is 1.11 bits per heavy atom. The van der Waals surface area contributed by atoms with Crippen LogP contribution in [0.1, 0.15) is 16.1 Å². The van der Waals surface area contributed by atoms with Crippen molar-refractivity contribution < 1.29 is 32.3 Å². The van der Waals surface area contributed by atoms with Crippen LogP contribution in [0.3, 0.4) is 0 Å². The zero-order valence-electron chi connectivity index (χ0n) is 14.5. The number of anilines is 1. The van der Waals surface area contributed by atoms with Gasteiger partial charge in [0.15, 0.2) is 6.61 Å². The van der Waals surface area contributed by atoms with Crippen molar-refractivity contribution in [2.75, 3.05) is 19.0 Å². The maximum Gasteiger partial charge on any atom is 0.375 e. The standard InChI is InChI=1S/C19H15F2NO5/c1-10-15-8-14(25-2)3-4-16(15)27-18(10)19(24)26-9-17(23)22-13-6-11(20)5-12(21)7-13/h3-8H,9H2,1-2H3,(H,22,23). The number of carbonyl (C=O) groups excluding carboxylic acids is 2. The van der Waals surface area contributed by atoms with Gasteiger partial charge in [-0.1, -0.05) is 0 Å². The summed E-state index contributed by atoms with van der Waals surface area (Å²) in [4.78, 5) is 24.0. The van der Waals surface area contributed by atoms with Crippen LogP contribution in [0.4, 0.5) is 14.5 Å². The smallest absolute Gasteiger partial charge is 0.375 e. The van der Waals surface area contributed by atoms with E-state index in [0.29, 0.717) is 28.3 Å². The normalized spacial score (nSPS) is 10.7. The van der Waals surface area contributed by atoms with Crippen molar-refractivity contribution in [2.45, 2.75) is 6.92 Å². The van der Waals surface area contributed by atoms with E-state index >= 15 is 0 Å². The molecule has 3 rings (SSSR count). The molecule has 0 unspecified atom stereocenters. The van der Waals surface area contributed by atoms with Gasteiger partial charge in [0.25, 0.3) is 5.91 Å². The molecule has 0 atom stereocenters. The summed E-state index contributed by atoms with van der Waals surface area (Å²) >= 11 is 0. The number of fused-ring (bicyclic) bond motifs is 1. The molecule has 6 nitrogen and oxygen atoms in total. The van der Waals surface area contributed by atoms with E-state index in [4.69, 9.17) is 13.9 Å². The number of ether oxygens (including phenoxy) is 2. The molecule has 140 valence electrons. The quantitative estimate of drug-likeness (QED) is 0.686. The van der Waals surface area contributed by atoms with Gasteiger partial charge in [0, 0.05) is 22.7 Å². The largest absolute Gasteiger partial charge is 0.497 e. The molecule has 2 aromatic carbocycles. The maximum atomic E-state index is 13.1. The van der Waals surface area contributed by atoms with Gasteiger partial charge in [-0.05, 0) is 37.3 Å². The Morgan fingerprint density at radius 2 is 1.81 bits per heavy atom. The number of rotatable bonds is 5. The third-order valence-corrected chi connectivity index (χ3v) is 3.81. The van der Waals surface area contributed by atoms with Crippen molar-refractivity contribution in [3.05, 3.63) is 59.4 Å². The Bertz CT molecular complexity index is 1010. The highest BCUT2D eigenvalue weighted by Crippen LogP contribution is 2.29. The molecule has 3 aromatic rings. The van der Waals surface area contributed by atoms with E-state index < -0.39 is 30.1 Å². The fourth-order valence-corrected chi connectivity index (χ4v) is 2.54. The molecule has 27 heavy (non-hydrogen) atoms. The number of furan rings is 1. The minimum absolute atomic E-state index is 0.0390. The van der Waals surface area contributed by atoms with Crippen LogP contribution in [0.15, 0.2) is 40.8 Å². The minimum atomic E-state index is -0.837. The predicted molar refractivity (Wildman–Crippen MR) is 92.8 cm³/mol. The third kappa shape index (κ3) is 4.05. The number of carbonyl (C=O) groups is 2. The number of halogens is 2. The number of amides is 1. The second-order valence-corrected chi connectivity index (χ2v) is 5.70. The van der Waals surface area contributed by atoms with Gasteiger partial charge in [-0.25, -0.2) is 13.6 Å². The SMILES string of the molecule is COc1ccc2oc(C(=O)OCC(=O)Nc3cc(F)cc(F)c3)c(C)c2c1. The topological polar surface area (TPSA) is 77.8 Å². The number of benzene rings is 2. The first kappa shape index (κ1) is 18.4. The number of esters is 1. The van der Waals surface area contributed by atoms with Crippen LogP contribution in [0.5, 0.6) is 5.75 Å². The van der Waals surface area contributed by atoms with Gasteiger partial charge in [-0.2, -0.15) is 0 Å². The van der Waals surface area contributed by atoms with Crippen molar-refractivity contribution in [3.63, 3.8) is 0 Å². The lowest BCUT2D eigenvalue weighted by Gasteiger charge is -2.06. The third-order valence-electron chi connectivity index (χ3n) is 3.81. The summed E-state index contributed by atoms with van der Waals surface area (Å²) in [6.45, 7) is 1.04. The van der Waals surface area contributed by atoms with E-state index in [9.17, 15) is 18.4 Å². The van der Waals surface area contributed by atoms with E-state index in [-0.39, 0.29) is 11.4 Å². The molecule has 0 aliphatic heterocycles. The van der Waals surface area contributed by atoms with Crippen molar-refractivity contribution in [2.24, 2.45) is 0 Å². The van der Waals surface area contributed by atoms with Crippen molar-refractivity contribution in [3.8, 4) is 5.75 Å². The lowest BCUT2D eigenvalue weighted by atomic mass is 10.1. The average molecular weight is 375 g/mol. The average Bonchev–Trinajstić information content (AvgIpc) is 2.95. The highest BCUT2D eigenvalue weighted by Gasteiger charge is 2.20. The molecule has 0 aliphatic carbocycles. The van der Waals surface area contributed by atoms with Gasteiger partial charge < -0.3 is 19.2 Å². The van der Waals surface area contributed by atoms with E-state index in [0.717, 1.165) is 12.1 Å². The molecular formula is C19H15F2NO5. The summed E-state index contributed by atoms with van der Waals surface area (Å²) in [5.41, 5.74) is 0.932. The highest BCUT2D eigenvalue weighted by molar-refractivity contribution is 5.98. The van der Waals surface area contributed by atoms with E-state index in [2.05, 4.69) is 5.32 Å². The van der Waals surface area contributed by atoms with Crippen molar-refractivity contribution in [1.29, 1.82) is 0 Å². The molecule has 8 heteroatoms. The molecule has 0 radical (unpaired) electrons. The summed E-state index contributed by atoms with van der Waals surface area (Å²) in [6.07, 6.45) is 0. The first-order valence-electron chi connectivity index (χ1n) is 7.87. The molecule has 0 saturated heterocycles. The monoisotopic (exact) mass is 375 g/mol.